The molecule has 2 aromatic carbocycles. The van der Waals surface area contributed by atoms with E-state index in [0.717, 1.165) is 23.1 Å². The number of carbonyl (C=O) groups excluding carboxylic acids is 3. The third-order valence-electron chi connectivity index (χ3n) is 3.95. The molecule has 3 amide bonds. The van der Waals surface area contributed by atoms with Gasteiger partial charge < -0.3 is 14.8 Å². The van der Waals surface area contributed by atoms with Gasteiger partial charge in [0.05, 0.1) is 0 Å². The standard InChI is InChI=1S/C21H24N2O5/c1-4-16-7-5-6-8-18(16)27-13-20(25)28-12-19(24)23-21(26)22-17-10-9-14(2)11-15(17)3/h5-11H,4,12-13H2,1-3H3,(H2,22,23,24,26). The zero-order valence-electron chi connectivity index (χ0n) is 16.2. The van der Waals surface area contributed by atoms with Gasteiger partial charge in [0.2, 0.25) is 0 Å². The van der Waals surface area contributed by atoms with E-state index in [9.17, 15) is 14.4 Å². The van der Waals surface area contributed by atoms with Crippen LogP contribution in [-0.4, -0.2) is 31.1 Å². The molecule has 0 aliphatic carbocycles. The summed E-state index contributed by atoms with van der Waals surface area (Å²) in [7, 11) is 0. The Morgan fingerprint density at radius 3 is 2.46 bits per heavy atom. The fourth-order valence-corrected chi connectivity index (χ4v) is 2.53. The van der Waals surface area contributed by atoms with Crippen LogP contribution in [0.4, 0.5) is 10.5 Å². The Labute approximate surface area is 164 Å². The van der Waals surface area contributed by atoms with Gasteiger partial charge in [0.1, 0.15) is 5.75 Å². The van der Waals surface area contributed by atoms with E-state index in [1.54, 1.807) is 12.1 Å². The van der Waals surface area contributed by atoms with Gasteiger partial charge in [0.25, 0.3) is 5.91 Å². The molecule has 2 rings (SSSR count). The Kier molecular flexibility index (Phi) is 7.56. The minimum absolute atomic E-state index is 0.320. The number of rotatable bonds is 7. The van der Waals surface area contributed by atoms with Gasteiger partial charge in [0, 0.05) is 5.69 Å². The number of urea groups is 1. The van der Waals surface area contributed by atoms with Crippen molar-refractivity contribution in [3.63, 3.8) is 0 Å². The number of esters is 1. The Hall–Kier alpha value is -3.35. The lowest BCUT2D eigenvalue weighted by Crippen LogP contribution is -2.37. The van der Waals surface area contributed by atoms with Crippen LogP contribution in [0.15, 0.2) is 42.5 Å². The second-order valence-corrected chi connectivity index (χ2v) is 6.23. The zero-order valence-corrected chi connectivity index (χ0v) is 16.2. The second-order valence-electron chi connectivity index (χ2n) is 6.23. The molecule has 0 heterocycles. The third kappa shape index (κ3) is 6.42. The molecule has 2 aromatic rings. The van der Waals surface area contributed by atoms with E-state index in [0.29, 0.717) is 11.4 Å². The number of imide groups is 1. The van der Waals surface area contributed by atoms with Gasteiger partial charge in [0.15, 0.2) is 13.2 Å². The molecule has 7 nitrogen and oxygen atoms in total. The van der Waals surface area contributed by atoms with Crippen LogP contribution in [0.25, 0.3) is 0 Å². The highest BCUT2D eigenvalue weighted by atomic mass is 16.6. The molecule has 0 saturated carbocycles. The van der Waals surface area contributed by atoms with Gasteiger partial charge in [-0.1, -0.05) is 42.8 Å². The van der Waals surface area contributed by atoms with Crippen LogP contribution in [0.1, 0.15) is 23.6 Å². The van der Waals surface area contributed by atoms with Crippen molar-refractivity contribution in [1.29, 1.82) is 0 Å². The van der Waals surface area contributed by atoms with Crippen molar-refractivity contribution < 1.29 is 23.9 Å². The van der Waals surface area contributed by atoms with E-state index in [4.69, 9.17) is 9.47 Å². The summed E-state index contributed by atoms with van der Waals surface area (Å²) >= 11 is 0. The van der Waals surface area contributed by atoms with E-state index >= 15 is 0 Å². The number of para-hydroxylation sites is 1. The predicted octanol–water partition coefficient (Wildman–Crippen LogP) is 3.14. The molecule has 0 radical (unpaired) electrons. The molecule has 0 aliphatic rings. The van der Waals surface area contributed by atoms with E-state index in [1.165, 1.54) is 0 Å². The zero-order chi connectivity index (χ0) is 20.5. The molecule has 0 atom stereocenters. The van der Waals surface area contributed by atoms with Crippen molar-refractivity contribution in [2.45, 2.75) is 27.2 Å². The predicted molar refractivity (Wildman–Crippen MR) is 105 cm³/mol. The average molecular weight is 384 g/mol. The highest BCUT2D eigenvalue weighted by Crippen LogP contribution is 2.18. The Morgan fingerprint density at radius 1 is 1.00 bits per heavy atom. The lowest BCUT2D eigenvalue weighted by molar-refractivity contribution is -0.150. The number of ether oxygens (including phenoxy) is 2. The van der Waals surface area contributed by atoms with Crippen molar-refractivity contribution in [2.75, 3.05) is 18.5 Å². The molecular formula is C21H24N2O5. The van der Waals surface area contributed by atoms with Crippen LogP contribution in [0, 0.1) is 13.8 Å². The second kappa shape index (κ2) is 10.1. The summed E-state index contributed by atoms with van der Waals surface area (Å²) in [4.78, 5) is 35.4. The number of carbonyl (C=O) groups is 3. The number of hydrogen-bond donors (Lipinski definition) is 2. The van der Waals surface area contributed by atoms with Crippen molar-refractivity contribution in [1.82, 2.24) is 5.32 Å². The summed E-state index contributed by atoms with van der Waals surface area (Å²) in [6.45, 7) is 4.88. The van der Waals surface area contributed by atoms with Crippen LogP contribution in [0.2, 0.25) is 0 Å². The average Bonchev–Trinajstić information content (AvgIpc) is 2.67. The van der Waals surface area contributed by atoms with Crippen molar-refractivity contribution in [3.05, 3.63) is 59.2 Å². The van der Waals surface area contributed by atoms with Gasteiger partial charge in [-0.15, -0.1) is 0 Å². The first-order chi connectivity index (χ1) is 13.4. The van der Waals surface area contributed by atoms with E-state index in [1.807, 2.05) is 51.1 Å². The van der Waals surface area contributed by atoms with Gasteiger partial charge in [-0.05, 0) is 43.5 Å². The summed E-state index contributed by atoms with van der Waals surface area (Å²) in [6.07, 6.45) is 0.767. The first kappa shape index (κ1) is 21.0. The highest BCUT2D eigenvalue weighted by molar-refractivity contribution is 6.02. The van der Waals surface area contributed by atoms with Crippen LogP contribution < -0.4 is 15.4 Å². The molecule has 0 spiro atoms. The quantitative estimate of drug-likeness (QED) is 0.716. The van der Waals surface area contributed by atoms with Gasteiger partial charge in [-0.3, -0.25) is 10.1 Å². The maximum absolute atomic E-state index is 11.9. The van der Waals surface area contributed by atoms with Crippen LogP contribution in [0.5, 0.6) is 5.75 Å². The molecule has 0 saturated heterocycles. The summed E-state index contributed by atoms with van der Waals surface area (Å²) in [5.74, 6) is -0.834. The van der Waals surface area contributed by atoms with Crippen molar-refractivity contribution in [3.8, 4) is 5.75 Å². The summed E-state index contributed by atoms with van der Waals surface area (Å²) in [5.41, 5.74) is 3.50. The monoisotopic (exact) mass is 384 g/mol. The molecular weight excluding hydrogens is 360 g/mol. The molecule has 2 N–H and O–H groups in total. The van der Waals surface area contributed by atoms with E-state index < -0.39 is 24.5 Å². The molecule has 0 unspecified atom stereocenters. The Balaban J connectivity index is 1.73. The molecule has 7 heteroatoms. The molecule has 0 fully saturated rings. The smallest absolute Gasteiger partial charge is 0.344 e. The van der Waals surface area contributed by atoms with E-state index in [-0.39, 0.29) is 6.61 Å². The van der Waals surface area contributed by atoms with Crippen molar-refractivity contribution in [2.24, 2.45) is 0 Å². The highest BCUT2D eigenvalue weighted by Gasteiger charge is 2.13. The van der Waals surface area contributed by atoms with E-state index in [2.05, 4.69) is 10.6 Å². The fraction of sp³-hybridized carbons (Fsp3) is 0.286. The normalized spacial score (nSPS) is 10.1. The summed E-state index contributed by atoms with van der Waals surface area (Å²) in [5, 5.41) is 4.69. The number of hydrogen-bond acceptors (Lipinski definition) is 5. The van der Waals surface area contributed by atoms with Crippen LogP contribution in [-0.2, 0) is 20.7 Å². The maximum atomic E-state index is 11.9. The largest absolute Gasteiger partial charge is 0.482 e. The minimum Gasteiger partial charge on any atom is -0.482 e. The fourth-order valence-electron chi connectivity index (χ4n) is 2.53. The van der Waals surface area contributed by atoms with Gasteiger partial charge in [-0.25, -0.2) is 9.59 Å². The molecule has 0 aliphatic heterocycles. The molecule has 0 aromatic heterocycles. The van der Waals surface area contributed by atoms with Crippen molar-refractivity contribution >= 4 is 23.6 Å². The maximum Gasteiger partial charge on any atom is 0.344 e. The number of nitrogens with one attached hydrogen (secondary N) is 2. The summed E-state index contributed by atoms with van der Waals surface area (Å²) in [6, 6.07) is 12.2. The number of amides is 3. The number of anilines is 1. The summed E-state index contributed by atoms with van der Waals surface area (Å²) < 4.78 is 10.3. The molecule has 28 heavy (non-hydrogen) atoms. The van der Waals surface area contributed by atoms with Gasteiger partial charge in [-0.2, -0.15) is 0 Å². The van der Waals surface area contributed by atoms with Crippen LogP contribution >= 0.6 is 0 Å². The number of benzene rings is 2. The van der Waals surface area contributed by atoms with Crippen LogP contribution in [0.3, 0.4) is 0 Å². The first-order valence-corrected chi connectivity index (χ1v) is 8.93. The lowest BCUT2D eigenvalue weighted by Gasteiger charge is -2.11. The molecule has 0 bridgehead atoms. The SMILES string of the molecule is CCc1ccccc1OCC(=O)OCC(=O)NC(=O)Nc1ccc(C)cc1C. The third-order valence-corrected chi connectivity index (χ3v) is 3.95. The molecule has 148 valence electrons. The lowest BCUT2D eigenvalue weighted by atomic mass is 10.1. The minimum atomic E-state index is -0.732. The first-order valence-electron chi connectivity index (χ1n) is 8.93. The number of aryl methyl sites for hydroxylation is 3. The topological polar surface area (TPSA) is 93.7 Å². The Bertz CT molecular complexity index is 864. The Morgan fingerprint density at radius 2 is 1.75 bits per heavy atom. The van der Waals surface area contributed by atoms with Gasteiger partial charge >= 0.3 is 12.0 Å².